The van der Waals surface area contributed by atoms with Crippen molar-refractivity contribution in [2.75, 3.05) is 19.1 Å². The largest absolute Gasteiger partial charge is 0.497 e. The van der Waals surface area contributed by atoms with Gasteiger partial charge in [0.05, 0.1) is 18.5 Å². The molecule has 8 nitrogen and oxygen atoms in total. The van der Waals surface area contributed by atoms with Crippen molar-refractivity contribution < 1.29 is 45.5 Å². The summed E-state index contributed by atoms with van der Waals surface area (Å²) in [6, 6.07) is 13.3. The molecular formula is C27H28F6N4O4. The molecule has 0 saturated heterocycles. The molecule has 41 heavy (non-hydrogen) atoms. The van der Waals surface area contributed by atoms with E-state index in [4.69, 9.17) is 10.5 Å². The van der Waals surface area contributed by atoms with E-state index in [0.29, 0.717) is 22.6 Å². The standard InChI is InChI=1S/C27H28F6N4O4/c1-37-20-9-8-16(41-2)14-19(20)21(15-6-4-3-5-7-15)35-23(25(37)40)36-24(39)18(11-13-27(31,32)33)17(22(34)38)10-12-26(28,29)30/h3-9,14,17-18,23H,10-13H2,1-2H3,(H2,34,38)(H,36,39)/t17-,18+,23-/m1/s1. The van der Waals surface area contributed by atoms with Crippen LogP contribution in [-0.2, 0) is 14.4 Å². The number of ether oxygens (including phenoxy) is 1. The van der Waals surface area contributed by atoms with Crippen LogP contribution in [-0.4, -0.2) is 56.1 Å². The molecule has 1 aliphatic heterocycles. The molecule has 14 heteroatoms. The van der Waals surface area contributed by atoms with E-state index in [9.17, 15) is 40.7 Å². The van der Waals surface area contributed by atoms with Gasteiger partial charge in [-0.15, -0.1) is 0 Å². The number of anilines is 1. The van der Waals surface area contributed by atoms with Gasteiger partial charge in [-0.3, -0.25) is 14.4 Å². The molecule has 2 aromatic rings. The molecule has 3 N–H and O–H groups in total. The summed E-state index contributed by atoms with van der Waals surface area (Å²) in [5.74, 6) is -6.76. The number of nitrogens with zero attached hydrogens (tertiary/aromatic N) is 2. The zero-order chi connectivity index (χ0) is 30.5. The Balaban J connectivity index is 2.05. The molecule has 3 amide bonds. The number of alkyl halides is 6. The minimum atomic E-state index is -4.78. The van der Waals surface area contributed by atoms with Crippen LogP contribution in [0.15, 0.2) is 53.5 Å². The van der Waals surface area contributed by atoms with Gasteiger partial charge in [-0.1, -0.05) is 30.3 Å². The monoisotopic (exact) mass is 586 g/mol. The number of benzodiazepines with no additional fused rings is 1. The molecule has 0 aromatic heterocycles. The van der Waals surface area contributed by atoms with E-state index in [0.717, 1.165) is 0 Å². The smallest absolute Gasteiger partial charge is 0.389 e. The normalized spacial score (nSPS) is 17.2. The van der Waals surface area contributed by atoms with Crippen molar-refractivity contribution in [3.63, 3.8) is 0 Å². The van der Waals surface area contributed by atoms with Crippen molar-refractivity contribution in [1.29, 1.82) is 0 Å². The van der Waals surface area contributed by atoms with Crippen LogP contribution in [0, 0.1) is 11.8 Å². The van der Waals surface area contributed by atoms with E-state index >= 15 is 0 Å². The van der Waals surface area contributed by atoms with Crippen molar-refractivity contribution in [1.82, 2.24) is 5.32 Å². The summed E-state index contributed by atoms with van der Waals surface area (Å²) in [7, 11) is 2.83. The van der Waals surface area contributed by atoms with Gasteiger partial charge in [-0.25, -0.2) is 4.99 Å². The molecule has 3 atom stereocenters. The molecule has 0 radical (unpaired) electrons. The number of primary amides is 1. The Kier molecular flexibility index (Phi) is 9.66. The highest BCUT2D eigenvalue weighted by atomic mass is 19.4. The highest BCUT2D eigenvalue weighted by Crippen LogP contribution is 2.34. The first-order chi connectivity index (χ1) is 19.1. The predicted molar refractivity (Wildman–Crippen MR) is 137 cm³/mol. The summed E-state index contributed by atoms with van der Waals surface area (Å²) in [5, 5.41) is 2.27. The number of fused-ring (bicyclic) bond motifs is 1. The van der Waals surface area contributed by atoms with Gasteiger partial charge in [0.1, 0.15) is 5.75 Å². The van der Waals surface area contributed by atoms with Crippen molar-refractivity contribution in [3.05, 3.63) is 59.7 Å². The summed E-state index contributed by atoms with van der Waals surface area (Å²) < 4.78 is 83.3. The fourth-order valence-corrected chi connectivity index (χ4v) is 4.54. The van der Waals surface area contributed by atoms with Gasteiger partial charge in [0.15, 0.2) is 0 Å². The van der Waals surface area contributed by atoms with Crippen molar-refractivity contribution in [2.45, 2.75) is 44.2 Å². The maximum absolute atomic E-state index is 13.4. The molecule has 0 unspecified atom stereocenters. The molecule has 1 heterocycles. The van der Waals surface area contributed by atoms with Gasteiger partial charge >= 0.3 is 12.4 Å². The third-order valence-electron chi connectivity index (χ3n) is 6.63. The lowest BCUT2D eigenvalue weighted by Gasteiger charge is -2.27. The first-order valence-corrected chi connectivity index (χ1v) is 12.4. The number of carbonyl (C=O) groups excluding carboxylic acids is 3. The maximum Gasteiger partial charge on any atom is 0.389 e. The van der Waals surface area contributed by atoms with Crippen LogP contribution in [0.2, 0.25) is 0 Å². The molecule has 0 aliphatic carbocycles. The minimum Gasteiger partial charge on any atom is -0.497 e. The number of hydrogen-bond donors (Lipinski definition) is 2. The Hall–Kier alpha value is -4.10. The number of nitrogens with two attached hydrogens (primary N) is 1. The zero-order valence-electron chi connectivity index (χ0n) is 22.1. The fourth-order valence-electron chi connectivity index (χ4n) is 4.54. The van der Waals surface area contributed by atoms with Crippen LogP contribution >= 0.6 is 0 Å². The minimum absolute atomic E-state index is 0.234. The van der Waals surface area contributed by atoms with E-state index in [2.05, 4.69) is 10.3 Å². The second-order valence-corrected chi connectivity index (χ2v) is 9.46. The lowest BCUT2D eigenvalue weighted by Crippen LogP contribution is -2.50. The van der Waals surface area contributed by atoms with Crippen LogP contribution in [0.5, 0.6) is 5.75 Å². The number of aliphatic imine (C=N–C) groups is 1. The van der Waals surface area contributed by atoms with Gasteiger partial charge in [0.25, 0.3) is 5.91 Å². The molecule has 2 aromatic carbocycles. The van der Waals surface area contributed by atoms with Crippen LogP contribution in [0.3, 0.4) is 0 Å². The number of rotatable bonds is 10. The topological polar surface area (TPSA) is 114 Å². The second kappa shape index (κ2) is 12.6. The van der Waals surface area contributed by atoms with E-state index in [1.54, 1.807) is 48.5 Å². The van der Waals surface area contributed by atoms with Crippen LogP contribution in [0.25, 0.3) is 0 Å². The van der Waals surface area contributed by atoms with E-state index < -0.39 is 73.8 Å². The SMILES string of the molecule is COc1ccc2c(c1)C(c1ccccc1)=N[C@H](NC(=O)[C@@H](CCC(F)(F)F)[C@@H](CCC(F)(F)F)C(N)=O)C(=O)N2C. The average Bonchev–Trinajstić information content (AvgIpc) is 2.99. The number of hydrogen-bond acceptors (Lipinski definition) is 5. The van der Waals surface area contributed by atoms with Crippen molar-refractivity contribution >= 4 is 29.1 Å². The number of amides is 3. The molecule has 3 rings (SSSR count). The molecule has 0 saturated carbocycles. The lowest BCUT2D eigenvalue weighted by molar-refractivity contribution is -0.152. The Morgan fingerprint density at radius 1 is 1.00 bits per heavy atom. The average molecular weight is 587 g/mol. The molecule has 0 bridgehead atoms. The van der Waals surface area contributed by atoms with Gasteiger partial charge in [0.2, 0.25) is 18.0 Å². The number of likely N-dealkylation sites (N-methyl/N-ethyl adjacent to an activating group) is 1. The number of benzene rings is 2. The van der Waals surface area contributed by atoms with Gasteiger partial charge in [-0.05, 0) is 31.0 Å². The highest BCUT2D eigenvalue weighted by Gasteiger charge is 2.41. The zero-order valence-corrected chi connectivity index (χ0v) is 22.1. The second-order valence-electron chi connectivity index (χ2n) is 9.46. The highest BCUT2D eigenvalue weighted by molar-refractivity contribution is 6.20. The Labute approximate surface area is 231 Å². The summed E-state index contributed by atoms with van der Waals surface area (Å²) in [5.41, 5.74) is 6.83. The fraction of sp³-hybridized carbons (Fsp3) is 0.407. The van der Waals surface area contributed by atoms with Crippen LogP contribution in [0.4, 0.5) is 32.0 Å². The van der Waals surface area contributed by atoms with Crippen LogP contribution in [0.1, 0.15) is 36.8 Å². The Morgan fingerprint density at radius 2 is 1.59 bits per heavy atom. The number of halogens is 6. The van der Waals surface area contributed by atoms with Gasteiger partial charge in [-0.2, -0.15) is 26.3 Å². The summed E-state index contributed by atoms with van der Waals surface area (Å²) in [6.45, 7) is 0. The predicted octanol–water partition coefficient (Wildman–Crippen LogP) is 4.35. The molecule has 222 valence electrons. The van der Waals surface area contributed by atoms with E-state index in [1.807, 2.05) is 0 Å². The Morgan fingerprint density at radius 3 is 2.12 bits per heavy atom. The summed E-state index contributed by atoms with van der Waals surface area (Å²) in [6.07, 6.45) is -16.4. The Bertz CT molecular complexity index is 1300. The molecule has 0 spiro atoms. The third-order valence-corrected chi connectivity index (χ3v) is 6.63. The summed E-state index contributed by atoms with van der Waals surface area (Å²) >= 11 is 0. The quantitative estimate of drug-likeness (QED) is 0.403. The van der Waals surface area contributed by atoms with E-state index in [-0.39, 0.29) is 5.71 Å². The van der Waals surface area contributed by atoms with E-state index in [1.165, 1.54) is 19.1 Å². The number of nitrogens with one attached hydrogen (secondary N) is 1. The number of methoxy groups -OCH3 is 1. The number of carbonyl (C=O) groups is 3. The van der Waals surface area contributed by atoms with Crippen molar-refractivity contribution in [3.8, 4) is 5.75 Å². The molecular weight excluding hydrogens is 558 g/mol. The molecule has 1 aliphatic rings. The maximum atomic E-state index is 13.4. The first kappa shape index (κ1) is 31.4. The molecule has 0 fully saturated rings. The first-order valence-electron chi connectivity index (χ1n) is 12.4. The van der Waals surface area contributed by atoms with Crippen molar-refractivity contribution in [2.24, 2.45) is 22.6 Å². The van der Waals surface area contributed by atoms with Gasteiger partial charge in [0, 0.05) is 42.9 Å². The third kappa shape index (κ3) is 8.21. The summed E-state index contributed by atoms with van der Waals surface area (Å²) in [4.78, 5) is 44.5. The lowest BCUT2D eigenvalue weighted by atomic mass is 9.83. The van der Waals surface area contributed by atoms with Gasteiger partial charge < -0.3 is 20.7 Å². The van der Waals surface area contributed by atoms with Crippen LogP contribution < -0.4 is 20.7 Å².